The van der Waals surface area contributed by atoms with Crippen LogP contribution in [0.15, 0.2) is 6.33 Å². The number of nitrogens with one attached hydrogen (secondary N) is 2. The number of hydrogen-bond donors (Lipinski definition) is 3. The summed E-state index contributed by atoms with van der Waals surface area (Å²) in [6.45, 7) is 3.49. The molecule has 0 amide bonds. The molecule has 98 valence electrons. The molecular formula is C11H18N6O. The second-order valence-corrected chi connectivity index (χ2v) is 4.04. The van der Waals surface area contributed by atoms with E-state index in [0.29, 0.717) is 18.1 Å². The fourth-order valence-corrected chi connectivity index (χ4v) is 1.67. The van der Waals surface area contributed by atoms with E-state index in [1.54, 1.807) is 6.33 Å². The molecule has 18 heavy (non-hydrogen) atoms. The average molecular weight is 250 g/mol. The highest BCUT2D eigenvalue weighted by atomic mass is 16.3. The molecule has 2 rings (SSSR count). The van der Waals surface area contributed by atoms with Gasteiger partial charge in [0.15, 0.2) is 11.5 Å². The van der Waals surface area contributed by atoms with E-state index in [-0.39, 0.29) is 6.61 Å². The molecule has 0 spiro atoms. The lowest BCUT2D eigenvalue weighted by Gasteiger charge is -2.17. The van der Waals surface area contributed by atoms with Crippen molar-refractivity contribution in [3.63, 3.8) is 0 Å². The van der Waals surface area contributed by atoms with Crippen molar-refractivity contribution in [1.82, 2.24) is 19.9 Å². The van der Waals surface area contributed by atoms with Gasteiger partial charge in [0, 0.05) is 20.1 Å². The summed E-state index contributed by atoms with van der Waals surface area (Å²) in [6.07, 6.45) is 2.60. The SMILES string of the molecule is CCCNc1nc(N(C)CCO)c2[nH]cnc2n1. The smallest absolute Gasteiger partial charge is 0.226 e. The molecule has 0 saturated heterocycles. The normalized spacial score (nSPS) is 10.8. The van der Waals surface area contributed by atoms with E-state index in [2.05, 4.69) is 32.2 Å². The molecule has 0 aromatic carbocycles. The van der Waals surface area contributed by atoms with Crippen LogP contribution in [-0.2, 0) is 0 Å². The number of aromatic amines is 1. The van der Waals surface area contributed by atoms with Crippen LogP contribution < -0.4 is 10.2 Å². The van der Waals surface area contributed by atoms with Crippen molar-refractivity contribution in [3.05, 3.63) is 6.33 Å². The summed E-state index contributed by atoms with van der Waals surface area (Å²) in [4.78, 5) is 17.8. The lowest BCUT2D eigenvalue weighted by atomic mass is 10.4. The minimum absolute atomic E-state index is 0.0772. The number of likely N-dealkylation sites (N-methyl/N-ethyl adjacent to an activating group) is 1. The Bertz CT molecular complexity index is 511. The van der Waals surface area contributed by atoms with Crippen LogP contribution in [0.1, 0.15) is 13.3 Å². The number of aliphatic hydroxyl groups is 1. The third kappa shape index (κ3) is 2.51. The van der Waals surface area contributed by atoms with E-state index in [1.165, 1.54) is 0 Å². The van der Waals surface area contributed by atoms with Gasteiger partial charge in [-0.2, -0.15) is 9.97 Å². The van der Waals surface area contributed by atoms with E-state index in [0.717, 1.165) is 24.3 Å². The van der Waals surface area contributed by atoms with Gasteiger partial charge in [-0.1, -0.05) is 6.92 Å². The number of fused-ring (bicyclic) bond motifs is 1. The van der Waals surface area contributed by atoms with Crippen LogP contribution in [0.5, 0.6) is 0 Å². The maximum atomic E-state index is 9.00. The quantitative estimate of drug-likeness (QED) is 0.695. The van der Waals surface area contributed by atoms with Crippen LogP contribution in [0.4, 0.5) is 11.8 Å². The third-order valence-electron chi connectivity index (χ3n) is 2.60. The Kier molecular flexibility index (Phi) is 3.93. The number of imidazole rings is 1. The number of anilines is 2. The third-order valence-corrected chi connectivity index (χ3v) is 2.60. The number of H-pyrrole nitrogens is 1. The first-order valence-corrected chi connectivity index (χ1v) is 6.03. The van der Waals surface area contributed by atoms with E-state index >= 15 is 0 Å². The Balaban J connectivity index is 2.38. The van der Waals surface area contributed by atoms with Gasteiger partial charge in [0.2, 0.25) is 5.95 Å². The summed E-state index contributed by atoms with van der Waals surface area (Å²) in [7, 11) is 1.88. The van der Waals surface area contributed by atoms with Crippen LogP contribution >= 0.6 is 0 Å². The monoisotopic (exact) mass is 250 g/mol. The van der Waals surface area contributed by atoms with Gasteiger partial charge < -0.3 is 20.3 Å². The van der Waals surface area contributed by atoms with Gasteiger partial charge in [0.1, 0.15) is 5.52 Å². The highest BCUT2D eigenvalue weighted by molar-refractivity contribution is 5.84. The van der Waals surface area contributed by atoms with Crippen LogP contribution in [-0.4, -0.2) is 51.8 Å². The summed E-state index contributed by atoms with van der Waals surface area (Å²) in [5.74, 6) is 1.31. The van der Waals surface area contributed by atoms with Crippen LogP contribution in [0.25, 0.3) is 11.2 Å². The first-order chi connectivity index (χ1) is 8.76. The predicted octanol–water partition coefficient (Wildman–Crippen LogP) is 0.603. The molecule has 0 unspecified atom stereocenters. The molecule has 0 aliphatic carbocycles. The van der Waals surface area contributed by atoms with Gasteiger partial charge in [-0.15, -0.1) is 0 Å². The highest BCUT2D eigenvalue weighted by Crippen LogP contribution is 2.21. The molecule has 2 aromatic heterocycles. The van der Waals surface area contributed by atoms with Crippen LogP contribution in [0.3, 0.4) is 0 Å². The molecular weight excluding hydrogens is 232 g/mol. The molecule has 0 aliphatic rings. The van der Waals surface area contributed by atoms with Gasteiger partial charge in [0.05, 0.1) is 12.9 Å². The minimum atomic E-state index is 0.0772. The Morgan fingerprint density at radius 1 is 1.44 bits per heavy atom. The largest absolute Gasteiger partial charge is 0.395 e. The Hall–Kier alpha value is -1.89. The molecule has 0 saturated carbocycles. The molecule has 0 fully saturated rings. The summed E-state index contributed by atoms with van der Waals surface area (Å²) < 4.78 is 0. The van der Waals surface area contributed by atoms with Gasteiger partial charge in [-0.3, -0.25) is 0 Å². The summed E-state index contributed by atoms with van der Waals surface area (Å²) in [5.41, 5.74) is 1.41. The lowest BCUT2D eigenvalue weighted by Crippen LogP contribution is -2.23. The fourth-order valence-electron chi connectivity index (χ4n) is 1.67. The zero-order valence-electron chi connectivity index (χ0n) is 10.6. The Labute approximate surface area is 105 Å². The number of nitrogens with zero attached hydrogens (tertiary/aromatic N) is 4. The maximum absolute atomic E-state index is 9.00. The summed E-state index contributed by atoms with van der Waals surface area (Å²) in [6, 6.07) is 0. The molecule has 7 heteroatoms. The lowest BCUT2D eigenvalue weighted by molar-refractivity contribution is 0.304. The number of aliphatic hydroxyl groups excluding tert-OH is 1. The van der Waals surface area contributed by atoms with E-state index in [1.807, 2.05) is 11.9 Å². The fraction of sp³-hybridized carbons (Fsp3) is 0.545. The minimum Gasteiger partial charge on any atom is -0.395 e. The highest BCUT2D eigenvalue weighted by Gasteiger charge is 2.12. The number of aromatic nitrogens is 4. The van der Waals surface area contributed by atoms with Crippen molar-refractivity contribution < 1.29 is 5.11 Å². The molecule has 2 aromatic rings. The zero-order valence-corrected chi connectivity index (χ0v) is 10.6. The molecule has 0 atom stereocenters. The van der Waals surface area contributed by atoms with Crippen molar-refractivity contribution in [2.45, 2.75) is 13.3 Å². The molecule has 3 N–H and O–H groups in total. The average Bonchev–Trinajstić information content (AvgIpc) is 2.83. The van der Waals surface area contributed by atoms with Crippen LogP contribution in [0, 0.1) is 0 Å². The Morgan fingerprint density at radius 3 is 3.00 bits per heavy atom. The summed E-state index contributed by atoms with van der Waals surface area (Å²) in [5, 5.41) is 12.2. The van der Waals surface area contributed by atoms with E-state index < -0.39 is 0 Å². The number of hydrogen-bond acceptors (Lipinski definition) is 6. The zero-order chi connectivity index (χ0) is 13.0. The first kappa shape index (κ1) is 12.6. The van der Waals surface area contributed by atoms with Gasteiger partial charge in [-0.05, 0) is 6.42 Å². The standard InChI is InChI=1S/C11H18N6O/c1-3-4-12-11-15-9-8(13-7-14-9)10(16-11)17(2)5-6-18/h7,18H,3-6H2,1-2H3,(H2,12,13,14,15,16). The van der Waals surface area contributed by atoms with Crippen molar-refractivity contribution in [1.29, 1.82) is 0 Å². The van der Waals surface area contributed by atoms with Crippen molar-refractivity contribution in [2.75, 3.05) is 37.0 Å². The predicted molar refractivity (Wildman–Crippen MR) is 70.8 cm³/mol. The number of rotatable bonds is 6. The first-order valence-electron chi connectivity index (χ1n) is 6.03. The molecule has 7 nitrogen and oxygen atoms in total. The van der Waals surface area contributed by atoms with Gasteiger partial charge in [-0.25, -0.2) is 4.98 Å². The van der Waals surface area contributed by atoms with Crippen molar-refractivity contribution in [2.24, 2.45) is 0 Å². The molecule has 0 aliphatic heterocycles. The maximum Gasteiger partial charge on any atom is 0.226 e. The van der Waals surface area contributed by atoms with E-state index in [4.69, 9.17) is 5.11 Å². The molecule has 2 heterocycles. The summed E-state index contributed by atoms with van der Waals surface area (Å²) >= 11 is 0. The Morgan fingerprint density at radius 2 is 2.28 bits per heavy atom. The van der Waals surface area contributed by atoms with Gasteiger partial charge >= 0.3 is 0 Å². The van der Waals surface area contributed by atoms with Crippen molar-refractivity contribution in [3.8, 4) is 0 Å². The molecule has 0 radical (unpaired) electrons. The van der Waals surface area contributed by atoms with Crippen LogP contribution in [0.2, 0.25) is 0 Å². The van der Waals surface area contributed by atoms with Crippen molar-refractivity contribution >= 4 is 22.9 Å². The topological polar surface area (TPSA) is 90.0 Å². The molecule has 0 bridgehead atoms. The second kappa shape index (κ2) is 5.63. The van der Waals surface area contributed by atoms with Gasteiger partial charge in [0.25, 0.3) is 0 Å². The second-order valence-electron chi connectivity index (χ2n) is 4.04. The van der Waals surface area contributed by atoms with E-state index in [9.17, 15) is 0 Å².